The summed E-state index contributed by atoms with van der Waals surface area (Å²) >= 11 is 1.19. The van der Waals surface area contributed by atoms with E-state index in [0.717, 1.165) is 15.8 Å². The van der Waals surface area contributed by atoms with Crippen molar-refractivity contribution in [1.29, 1.82) is 0 Å². The number of hydrogen-bond acceptors (Lipinski definition) is 3. The van der Waals surface area contributed by atoms with Crippen LogP contribution in [0.2, 0.25) is 0 Å². The molecule has 0 aliphatic rings. The molecule has 2 rings (SSSR count). The van der Waals surface area contributed by atoms with Crippen molar-refractivity contribution in [1.82, 2.24) is 9.97 Å². The lowest BCUT2D eigenvalue weighted by Gasteiger charge is -1.90. The first-order chi connectivity index (χ1) is 5.27. The Morgan fingerprint density at radius 2 is 2.36 bits per heavy atom. The number of hydrogen-bond donors (Lipinski definition) is 1. The molecule has 0 bridgehead atoms. The van der Waals surface area contributed by atoms with E-state index in [2.05, 4.69) is 9.97 Å². The number of nitrogens with one attached hydrogen (secondary N) is 1. The van der Waals surface area contributed by atoms with Crippen molar-refractivity contribution in [2.24, 2.45) is 0 Å². The third-order valence-electron chi connectivity index (χ3n) is 1.53. The Morgan fingerprint density at radius 1 is 1.55 bits per heavy atom. The van der Waals surface area contributed by atoms with Crippen LogP contribution in [0, 0.1) is 6.92 Å². The zero-order valence-electron chi connectivity index (χ0n) is 5.92. The van der Waals surface area contributed by atoms with Crippen molar-refractivity contribution < 1.29 is 0 Å². The second-order valence-corrected chi connectivity index (χ2v) is 3.36. The van der Waals surface area contributed by atoms with Crippen LogP contribution in [0.3, 0.4) is 0 Å². The summed E-state index contributed by atoms with van der Waals surface area (Å²) in [6, 6.07) is 0. The SMILES string of the molecule is Cc1cncc2sc(=O)[nH]c12. The molecule has 3 nitrogen and oxygen atoms in total. The second-order valence-electron chi connectivity index (χ2n) is 2.34. The fourth-order valence-electron chi connectivity index (χ4n) is 1.01. The highest BCUT2D eigenvalue weighted by Crippen LogP contribution is 2.15. The standard InChI is InChI=1S/C7H6N2OS/c1-4-2-8-3-5-6(4)9-7(10)11-5/h2-3H,1H3,(H,9,10). The number of rotatable bonds is 0. The van der Waals surface area contributed by atoms with E-state index < -0.39 is 0 Å². The van der Waals surface area contributed by atoms with Crippen molar-refractivity contribution in [3.8, 4) is 0 Å². The summed E-state index contributed by atoms with van der Waals surface area (Å²) in [5.74, 6) is 0. The lowest BCUT2D eigenvalue weighted by atomic mass is 10.3. The Morgan fingerprint density at radius 3 is 3.09 bits per heavy atom. The van der Waals surface area contributed by atoms with Crippen LogP contribution in [-0.4, -0.2) is 9.97 Å². The second kappa shape index (κ2) is 2.17. The summed E-state index contributed by atoms with van der Waals surface area (Å²) in [6.45, 7) is 1.93. The van der Waals surface area contributed by atoms with E-state index in [1.807, 2.05) is 6.92 Å². The Labute approximate surface area is 66.7 Å². The van der Waals surface area contributed by atoms with Gasteiger partial charge in [0.05, 0.1) is 10.2 Å². The van der Waals surface area contributed by atoms with Gasteiger partial charge in [0.1, 0.15) is 0 Å². The molecule has 2 aromatic heterocycles. The topological polar surface area (TPSA) is 45.8 Å². The summed E-state index contributed by atoms with van der Waals surface area (Å²) in [6.07, 6.45) is 3.44. The van der Waals surface area contributed by atoms with Gasteiger partial charge >= 0.3 is 4.87 Å². The summed E-state index contributed by atoms with van der Waals surface area (Å²) in [4.78, 5) is 17.6. The van der Waals surface area contributed by atoms with Gasteiger partial charge in [0, 0.05) is 12.4 Å². The molecule has 0 spiro atoms. The molecule has 11 heavy (non-hydrogen) atoms. The zero-order valence-corrected chi connectivity index (χ0v) is 6.73. The smallest absolute Gasteiger partial charge is 0.305 e. The molecule has 0 fully saturated rings. The summed E-state index contributed by atoms with van der Waals surface area (Å²) in [7, 11) is 0. The molecule has 2 aromatic rings. The van der Waals surface area contributed by atoms with Crippen LogP contribution in [0.25, 0.3) is 10.2 Å². The minimum Gasteiger partial charge on any atom is -0.312 e. The molecule has 0 amide bonds. The van der Waals surface area contributed by atoms with E-state index >= 15 is 0 Å². The van der Waals surface area contributed by atoms with Crippen molar-refractivity contribution >= 4 is 21.6 Å². The maximum absolute atomic E-state index is 10.9. The average Bonchev–Trinajstić information content (AvgIpc) is 2.31. The molecular weight excluding hydrogens is 160 g/mol. The van der Waals surface area contributed by atoms with Gasteiger partial charge in [-0.3, -0.25) is 9.78 Å². The highest BCUT2D eigenvalue weighted by Gasteiger charge is 2.00. The number of thiazole rings is 1. The van der Waals surface area contributed by atoms with Crippen LogP contribution < -0.4 is 4.87 Å². The maximum Gasteiger partial charge on any atom is 0.305 e. The van der Waals surface area contributed by atoms with E-state index in [1.54, 1.807) is 12.4 Å². The predicted octanol–water partition coefficient (Wildman–Crippen LogP) is 1.29. The minimum absolute atomic E-state index is 0.0175. The fourth-order valence-corrected chi connectivity index (χ4v) is 1.79. The molecule has 0 aliphatic carbocycles. The molecule has 0 unspecified atom stereocenters. The average molecular weight is 166 g/mol. The molecule has 2 heterocycles. The third kappa shape index (κ3) is 0.952. The third-order valence-corrected chi connectivity index (χ3v) is 2.35. The molecule has 0 saturated heterocycles. The van der Waals surface area contributed by atoms with Crippen molar-refractivity contribution in [2.75, 3.05) is 0 Å². The molecule has 0 radical (unpaired) electrons. The zero-order chi connectivity index (χ0) is 7.84. The van der Waals surface area contributed by atoms with Gasteiger partial charge in [-0.1, -0.05) is 11.3 Å². The lowest BCUT2D eigenvalue weighted by molar-refractivity contribution is 1.28. The maximum atomic E-state index is 10.9. The van der Waals surface area contributed by atoms with Crippen LogP contribution >= 0.6 is 11.3 Å². The first-order valence-corrected chi connectivity index (χ1v) is 4.02. The first kappa shape index (κ1) is 6.54. The number of aromatic amines is 1. The number of aryl methyl sites for hydroxylation is 1. The van der Waals surface area contributed by atoms with E-state index in [-0.39, 0.29) is 4.87 Å². The Balaban J connectivity index is 3.01. The fraction of sp³-hybridized carbons (Fsp3) is 0.143. The van der Waals surface area contributed by atoms with Gasteiger partial charge in [0.2, 0.25) is 0 Å². The molecule has 0 saturated carbocycles. The van der Waals surface area contributed by atoms with E-state index in [9.17, 15) is 4.79 Å². The number of fused-ring (bicyclic) bond motifs is 1. The molecular formula is C7H6N2OS. The molecule has 0 aliphatic heterocycles. The summed E-state index contributed by atoms with van der Waals surface area (Å²) < 4.78 is 0.926. The Kier molecular flexibility index (Phi) is 1.29. The number of aromatic nitrogens is 2. The van der Waals surface area contributed by atoms with Crippen molar-refractivity contribution in [3.05, 3.63) is 27.6 Å². The Bertz CT molecular complexity index is 443. The lowest BCUT2D eigenvalue weighted by Crippen LogP contribution is -1.90. The quantitative estimate of drug-likeness (QED) is 0.641. The molecule has 56 valence electrons. The summed E-state index contributed by atoms with van der Waals surface area (Å²) in [5, 5.41) is 0. The van der Waals surface area contributed by atoms with Gasteiger partial charge in [-0.15, -0.1) is 0 Å². The van der Waals surface area contributed by atoms with E-state index in [0.29, 0.717) is 0 Å². The predicted molar refractivity (Wildman–Crippen MR) is 45.0 cm³/mol. The monoisotopic (exact) mass is 166 g/mol. The van der Waals surface area contributed by atoms with Crippen LogP contribution in [0.5, 0.6) is 0 Å². The van der Waals surface area contributed by atoms with Crippen LogP contribution in [0.15, 0.2) is 17.2 Å². The number of nitrogens with zero attached hydrogens (tertiary/aromatic N) is 1. The van der Waals surface area contributed by atoms with E-state index in [1.165, 1.54) is 11.3 Å². The van der Waals surface area contributed by atoms with Gasteiger partial charge in [0.25, 0.3) is 0 Å². The largest absolute Gasteiger partial charge is 0.312 e. The van der Waals surface area contributed by atoms with Gasteiger partial charge in [-0.25, -0.2) is 0 Å². The van der Waals surface area contributed by atoms with Gasteiger partial charge < -0.3 is 4.98 Å². The van der Waals surface area contributed by atoms with Crippen LogP contribution in [-0.2, 0) is 0 Å². The highest BCUT2D eigenvalue weighted by atomic mass is 32.1. The van der Waals surface area contributed by atoms with Crippen molar-refractivity contribution in [2.45, 2.75) is 6.92 Å². The molecule has 4 heteroatoms. The van der Waals surface area contributed by atoms with Crippen LogP contribution in [0.4, 0.5) is 0 Å². The Hall–Kier alpha value is -1.16. The highest BCUT2D eigenvalue weighted by molar-refractivity contribution is 7.16. The van der Waals surface area contributed by atoms with Crippen LogP contribution in [0.1, 0.15) is 5.56 Å². The first-order valence-electron chi connectivity index (χ1n) is 3.21. The van der Waals surface area contributed by atoms with Gasteiger partial charge in [-0.05, 0) is 12.5 Å². The number of pyridine rings is 1. The van der Waals surface area contributed by atoms with Gasteiger partial charge in [0.15, 0.2) is 0 Å². The summed E-state index contributed by atoms with van der Waals surface area (Å²) in [5.41, 5.74) is 1.93. The minimum atomic E-state index is -0.0175. The van der Waals surface area contributed by atoms with Gasteiger partial charge in [-0.2, -0.15) is 0 Å². The molecule has 0 atom stereocenters. The number of H-pyrrole nitrogens is 1. The molecule has 1 N–H and O–H groups in total. The normalized spacial score (nSPS) is 10.6. The van der Waals surface area contributed by atoms with Crippen molar-refractivity contribution in [3.63, 3.8) is 0 Å². The van der Waals surface area contributed by atoms with E-state index in [4.69, 9.17) is 0 Å². The molecule has 0 aromatic carbocycles.